The van der Waals surface area contributed by atoms with E-state index in [0.717, 1.165) is 31.2 Å². The first-order valence-electron chi connectivity index (χ1n) is 8.61. The monoisotopic (exact) mass is 377 g/mol. The van der Waals surface area contributed by atoms with Crippen molar-refractivity contribution in [3.8, 4) is 11.8 Å². The number of hydrogen-bond donors (Lipinski definition) is 1. The minimum Gasteiger partial charge on any atom is -0.477 e. The van der Waals surface area contributed by atoms with Gasteiger partial charge in [0, 0.05) is 18.4 Å². The van der Waals surface area contributed by atoms with E-state index in [0.29, 0.717) is 11.8 Å². The first kappa shape index (κ1) is 18.6. The van der Waals surface area contributed by atoms with Crippen LogP contribution in [0.15, 0.2) is 42.7 Å². The molecule has 1 saturated carbocycles. The highest BCUT2D eigenvalue weighted by Crippen LogP contribution is 2.27. The van der Waals surface area contributed by atoms with Crippen LogP contribution in [0, 0.1) is 0 Å². The lowest BCUT2D eigenvalue weighted by molar-refractivity contribution is 0.132. The molecule has 1 aromatic carbocycles. The van der Waals surface area contributed by atoms with Crippen molar-refractivity contribution in [3.05, 3.63) is 48.3 Å². The van der Waals surface area contributed by atoms with Crippen LogP contribution >= 0.6 is 0 Å². The van der Waals surface area contributed by atoms with Gasteiger partial charge in [0.15, 0.2) is 0 Å². The molecule has 0 aliphatic heterocycles. The van der Waals surface area contributed by atoms with Crippen molar-refractivity contribution in [3.63, 3.8) is 0 Å². The SMILES string of the molecule is COc1nccnc1OC1CCC(NS(=O)(=O)Cc2ccccc2)CC1. The molecule has 0 unspecified atom stereocenters. The van der Waals surface area contributed by atoms with Crippen molar-refractivity contribution >= 4 is 10.0 Å². The van der Waals surface area contributed by atoms with Gasteiger partial charge >= 0.3 is 0 Å². The maximum atomic E-state index is 12.3. The number of ether oxygens (including phenoxy) is 2. The van der Waals surface area contributed by atoms with Crippen molar-refractivity contribution in [1.29, 1.82) is 0 Å². The number of sulfonamides is 1. The van der Waals surface area contributed by atoms with E-state index >= 15 is 0 Å². The summed E-state index contributed by atoms with van der Waals surface area (Å²) in [6.07, 6.45) is 6.03. The molecule has 1 N–H and O–H groups in total. The lowest BCUT2D eigenvalue weighted by atomic mass is 9.94. The Morgan fingerprint density at radius 2 is 1.69 bits per heavy atom. The molecule has 7 nitrogen and oxygen atoms in total. The first-order valence-corrected chi connectivity index (χ1v) is 10.3. The maximum absolute atomic E-state index is 12.3. The fourth-order valence-corrected chi connectivity index (χ4v) is 4.54. The minimum atomic E-state index is -3.35. The lowest BCUT2D eigenvalue weighted by Gasteiger charge is -2.29. The zero-order valence-corrected chi connectivity index (χ0v) is 15.5. The van der Waals surface area contributed by atoms with Crippen molar-refractivity contribution in [2.45, 2.75) is 43.6 Å². The maximum Gasteiger partial charge on any atom is 0.278 e. The standard InChI is InChI=1S/C18H23N3O4S/c1-24-17-18(20-12-11-19-17)25-16-9-7-15(8-10-16)21-26(22,23)13-14-5-3-2-4-6-14/h2-6,11-12,15-16,21H,7-10,13H2,1H3. The zero-order chi connectivity index (χ0) is 18.4. The second-order valence-electron chi connectivity index (χ2n) is 6.32. The summed E-state index contributed by atoms with van der Waals surface area (Å²) in [4.78, 5) is 8.21. The molecular weight excluding hydrogens is 354 g/mol. The molecule has 0 saturated heterocycles. The largest absolute Gasteiger partial charge is 0.477 e. The van der Waals surface area contributed by atoms with E-state index in [9.17, 15) is 8.42 Å². The summed E-state index contributed by atoms with van der Waals surface area (Å²) in [5, 5.41) is 0. The van der Waals surface area contributed by atoms with Crippen LogP contribution in [0.4, 0.5) is 0 Å². The van der Waals surface area contributed by atoms with Gasteiger partial charge in [0.1, 0.15) is 6.10 Å². The van der Waals surface area contributed by atoms with Gasteiger partial charge in [-0.3, -0.25) is 0 Å². The smallest absolute Gasteiger partial charge is 0.278 e. The van der Waals surface area contributed by atoms with Gasteiger partial charge in [-0.15, -0.1) is 0 Å². The van der Waals surface area contributed by atoms with E-state index in [4.69, 9.17) is 9.47 Å². The van der Waals surface area contributed by atoms with Gasteiger partial charge in [-0.1, -0.05) is 30.3 Å². The average Bonchev–Trinajstić information content (AvgIpc) is 2.64. The number of nitrogens with zero attached hydrogens (tertiary/aromatic N) is 2. The quantitative estimate of drug-likeness (QED) is 0.796. The van der Waals surface area contributed by atoms with Crippen molar-refractivity contribution in [1.82, 2.24) is 14.7 Å². The van der Waals surface area contributed by atoms with Crippen LogP contribution in [0.3, 0.4) is 0 Å². The van der Waals surface area contributed by atoms with Crippen LogP contribution in [-0.4, -0.2) is 37.6 Å². The molecule has 8 heteroatoms. The molecular formula is C18H23N3O4S. The van der Waals surface area contributed by atoms with Gasteiger partial charge in [-0.2, -0.15) is 0 Å². The second-order valence-corrected chi connectivity index (χ2v) is 8.08. The molecule has 2 aromatic rings. The van der Waals surface area contributed by atoms with Crippen LogP contribution in [0.1, 0.15) is 31.2 Å². The van der Waals surface area contributed by atoms with Crippen LogP contribution < -0.4 is 14.2 Å². The number of hydrogen-bond acceptors (Lipinski definition) is 6. The Labute approximate surface area is 153 Å². The fourth-order valence-electron chi connectivity index (χ4n) is 3.08. The molecule has 26 heavy (non-hydrogen) atoms. The lowest BCUT2D eigenvalue weighted by Crippen LogP contribution is -2.40. The Balaban J connectivity index is 1.50. The van der Waals surface area contributed by atoms with Gasteiger partial charge in [0.05, 0.1) is 12.9 Å². The summed E-state index contributed by atoms with van der Waals surface area (Å²) in [5.41, 5.74) is 0.784. The summed E-state index contributed by atoms with van der Waals surface area (Å²) in [7, 11) is -1.83. The number of benzene rings is 1. The van der Waals surface area contributed by atoms with Crippen molar-refractivity contribution in [2.75, 3.05) is 7.11 Å². The van der Waals surface area contributed by atoms with Gasteiger partial charge in [0.2, 0.25) is 10.0 Å². The first-order chi connectivity index (χ1) is 12.6. The molecule has 1 aliphatic rings. The van der Waals surface area contributed by atoms with Crippen LogP contribution in [-0.2, 0) is 15.8 Å². The number of nitrogens with one attached hydrogen (secondary N) is 1. The molecule has 0 atom stereocenters. The number of methoxy groups -OCH3 is 1. The van der Waals surface area contributed by atoms with E-state index in [1.807, 2.05) is 30.3 Å². The van der Waals surface area contributed by atoms with Gasteiger partial charge in [0.25, 0.3) is 11.8 Å². The van der Waals surface area contributed by atoms with Crippen LogP contribution in [0.2, 0.25) is 0 Å². The van der Waals surface area contributed by atoms with E-state index in [-0.39, 0.29) is 17.9 Å². The third-order valence-electron chi connectivity index (χ3n) is 4.32. The number of rotatable bonds is 7. The summed E-state index contributed by atoms with van der Waals surface area (Å²) >= 11 is 0. The van der Waals surface area contributed by atoms with Crippen molar-refractivity contribution < 1.29 is 17.9 Å². The highest BCUT2D eigenvalue weighted by molar-refractivity contribution is 7.88. The Morgan fingerprint density at radius 3 is 2.35 bits per heavy atom. The molecule has 3 rings (SSSR count). The Kier molecular flexibility index (Phi) is 6.05. The Hall–Kier alpha value is -2.19. The predicted octanol–water partition coefficient (Wildman–Crippen LogP) is 2.29. The molecule has 0 amide bonds. The molecule has 0 radical (unpaired) electrons. The molecule has 1 heterocycles. The molecule has 1 aliphatic carbocycles. The summed E-state index contributed by atoms with van der Waals surface area (Å²) in [5.74, 6) is 0.738. The molecule has 1 fully saturated rings. The van der Waals surface area contributed by atoms with Crippen LogP contribution in [0.25, 0.3) is 0 Å². The van der Waals surface area contributed by atoms with E-state index < -0.39 is 10.0 Å². The number of aromatic nitrogens is 2. The van der Waals surface area contributed by atoms with E-state index in [1.165, 1.54) is 7.11 Å². The van der Waals surface area contributed by atoms with E-state index in [2.05, 4.69) is 14.7 Å². The van der Waals surface area contributed by atoms with E-state index in [1.54, 1.807) is 12.4 Å². The Bertz CT molecular complexity index is 806. The summed E-state index contributed by atoms with van der Waals surface area (Å²) in [6.45, 7) is 0. The predicted molar refractivity (Wildman–Crippen MR) is 97.5 cm³/mol. The summed E-state index contributed by atoms with van der Waals surface area (Å²) in [6, 6.07) is 9.13. The molecule has 140 valence electrons. The third-order valence-corrected chi connectivity index (χ3v) is 5.73. The fraction of sp³-hybridized carbons (Fsp3) is 0.444. The third kappa shape index (κ3) is 5.15. The highest BCUT2D eigenvalue weighted by Gasteiger charge is 2.27. The normalized spacial score (nSPS) is 20.5. The second kappa shape index (κ2) is 8.46. The topological polar surface area (TPSA) is 90.4 Å². The Morgan fingerprint density at radius 1 is 1.04 bits per heavy atom. The summed E-state index contributed by atoms with van der Waals surface area (Å²) < 4.78 is 38.5. The minimum absolute atomic E-state index is 0.00106. The average molecular weight is 377 g/mol. The molecule has 0 spiro atoms. The van der Waals surface area contributed by atoms with Gasteiger partial charge in [-0.25, -0.2) is 23.1 Å². The van der Waals surface area contributed by atoms with Crippen molar-refractivity contribution in [2.24, 2.45) is 0 Å². The zero-order valence-electron chi connectivity index (χ0n) is 14.7. The highest BCUT2D eigenvalue weighted by atomic mass is 32.2. The van der Waals surface area contributed by atoms with Gasteiger partial charge < -0.3 is 9.47 Å². The van der Waals surface area contributed by atoms with Gasteiger partial charge in [-0.05, 0) is 31.2 Å². The molecule has 1 aromatic heterocycles. The molecule has 0 bridgehead atoms. The van der Waals surface area contributed by atoms with Crippen LogP contribution in [0.5, 0.6) is 11.8 Å².